The third-order valence-corrected chi connectivity index (χ3v) is 5.45. The Labute approximate surface area is 201 Å². The van der Waals surface area contributed by atoms with Gasteiger partial charge in [-0.15, -0.1) is 0 Å². The number of hydrogen-bond acceptors (Lipinski definition) is 3. The van der Waals surface area contributed by atoms with Gasteiger partial charge in [0, 0.05) is 36.6 Å². The molecule has 35 heavy (non-hydrogen) atoms. The van der Waals surface area contributed by atoms with Crippen molar-refractivity contribution in [2.24, 2.45) is 0 Å². The van der Waals surface area contributed by atoms with Crippen LogP contribution in [0.4, 0.5) is 14.5 Å². The fourth-order valence-electron chi connectivity index (χ4n) is 3.73. The minimum absolute atomic E-state index is 0.194. The number of carbonyl (C=O) groups excluding carboxylic acids is 2. The molecule has 0 fully saturated rings. The van der Waals surface area contributed by atoms with E-state index in [2.05, 4.69) is 15.6 Å². The topological polar surface area (TPSA) is 76.0 Å². The van der Waals surface area contributed by atoms with Crippen LogP contribution in [0.2, 0.25) is 0 Å². The summed E-state index contributed by atoms with van der Waals surface area (Å²) in [6.07, 6.45) is 5.58. The lowest BCUT2D eigenvalue weighted by atomic mass is 9.98. The lowest BCUT2D eigenvalue weighted by Crippen LogP contribution is -2.30. The molecule has 0 bridgehead atoms. The zero-order valence-electron chi connectivity index (χ0n) is 18.8. The Morgan fingerprint density at radius 1 is 0.943 bits per heavy atom. The molecule has 4 rings (SSSR count). The number of aryl methyl sites for hydroxylation is 1. The van der Waals surface area contributed by atoms with Gasteiger partial charge in [-0.1, -0.05) is 30.3 Å². The molecule has 1 atom stereocenters. The van der Waals surface area contributed by atoms with Gasteiger partial charge in [0.1, 0.15) is 11.6 Å². The average Bonchev–Trinajstić information content (AvgIpc) is 3.36. The number of hydrogen-bond donors (Lipinski definition) is 2. The number of nitrogens with zero attached hydrogens (tertiary/aromatic N) is 2. The van der Waals surface area contributed by atoms with Crippen molar-refractivity contribution >= 4 is 17.5 Å². The Kier molecular flexibility index (Phi) is 7.62. The maximum absolute atomic E-state index is 13.9. The number of anilines is 1. The summed E-state index contributed by atoms with van der Waals surface area (Å²) in [5.41, 5.74) is 2.05. The van der Waals surface area contributed by atoms with E-state index in [0.29, 0.717) is 28.9 Å². The van der Waals surface area contributed by atoms with Crippen molar-refractivity contribution in [3.05, 3.63) is 120 Å². The first-order valence-electron chi connectivity index (χ1n) is 11.1. The highest BCUT2D eigenvalue weighted by Crippen LogP contribution is 2.21. The Bertz CT molecular complexity index is 1310. The molecule has 1 heterocycles. The monoisotopic (exact) mass is 474 g/mol. The quantitative estimate of drug-likeness (QED) is 0.362. The van der Waals surface area contributed by atoms with Crippen LogP contribution in [0.25, 0.3) is 0 Å². The smallest absolute Gasteiger partial charge is 0.251 e. The molecular weight excluding hydrogens is 450 g/mol. The van der Waals surface area contributed by atoms with E-state index in [4.69, 9.17) is 0 Å². The first-order chi connectivity index (χ1) is 17.0. The van der Waals surface area contributed by atoms with Gasteiger partial charge in [-0.3, -0.25) is 9.59 Å². The van der Waals surface area contributed by atoms with Gasteiger partial charge >= 0.3 is 0 Å². The van der Waals surface area contributed by atoms with E-state index < -0.39 is 17.8 Å². The van der Waals surface area contributed by atoms with Crippen LogP contribution in [0.3, 0.4) is 0 Å². The first-order valence-corrected chi connectivity index (χ1v) is 11.1. The predicted octanol–water partition coefficient (Wildman–Crippen LogP) is 4.90. The molecule has 4 aromatic rings. The molecule has 2 amide bonds. The zero-order valence-corrected chi connectivity index (χ0v) is 18.8. The number of benzene rings is 3. The Morgan fingerprint density at radius 3 is 2.46 bits per heavy atom. The normalized spacial score (nSPS) is 11.6. The van der Waals surface area contributed by atoms with Gasteiger partial charge in [0.15, 0.2) is 0 Å². The van der Waals surface area contributed by atoms with E-state index in [9.17, 15) is 18.4 Å². The van der Waals surface area contributed by atoms with Crippen molar-refractivity contribution in [3.8, 4) is 0 Å². The van der Waals surface area contributed by atoms with E-state index in [0.717, 1.165) is 0 Å². The molecule has 1 unspecified atom stereocenters. The molecule has 0 aliphatic heterocycles. The second-order valence-electron chi connectivity index (χ2n) is 8.09. The number of carbonyl (C=O) groups is 2. The maximum atomic E-state index is 13.9. The Morgan fingerprint density at radius 2 is 1.71 bits per heavy atom. The summed E-state index contributed by atoms with van der Waals surface area (Å²) in [6.45, 7) is 0.488. The van der Waals surface area contributed by atoms with Crippen molar-refractivity contribution in [1.29, 1.82) is 0 Å². The fraction of sp³-hybridized carbons (Fsp3) is 0.148. The molecular formula is C27H24F2N4O2. The third-order valence-electron chi connectivity index (χ3n) is 5.45. The Balaban J connectivity index is 1.46. The van der Waals surface area contributed by atoms with Gasteiger partial charge < -0.3 is 15.2 Å². The van der Waals surface area contributed by atoms with Crippen LogP contribution in [-0.2, 0) is 17.8 Å². The van der Waals surface area contributed by atoms with Crippen molar-refractivity contribution < 1.29 is 18.4 Å². The lowest BCUT2D eigenvalue weighted by molar-refractivity contribution is -0.116. The minimum atomic E-state index is -0.589. The number of amides is 2. The van der Waals surface area contributed by atoms with Gasteiger partial charge in [-0.05, 0) is 60.0 Å². The van der Waals surface area contributed by atoms with Gasteiger partial charge in [0.2, 0.25) is 5.91 Å². The largest absolute Gasteiger partial charge is 0.345 e. The molecule has 178 valence electrons. The van der Waals surface area contributed by atoms with Crippen LogP contribution in [-0.4, -0.2) is 21.4 Å². The van der Waals surface area contributed by atoms with Gasteiger partial charge in [0.25, 0.3) is 5.91 Å². The molecule has 0 saturated heterocycles. The van der Waals surface area contributed by atoms with Crippen LogP contribution in [0.15, 0.2) is 91.5 Å². The molecule has 0 saturated carbocycles. The third kappa shape index (κ3) is 6.83. The van der Waals surface area contributed by atoms with Crippen LogP contribution in [0.5, 0.6) is 0 Å². The van der Waals surface area contributed by atoms with Gasteiger partial charge in [0.05, 0.1) is 12.4 Å². The summed E-state index contributed by atoms with van der Waals surface area (Å²) >= 11 is 0. The van der Waals surface area contributed by atoms with Crippen LogP contribution in [0.1, 0.15) is 33.9 Å². The van der Waals surface area contributed by atoms with Crippen molar-refractivity contribution in [1.82, 2.24) is 14.9 Å². The van der Waals surface area contributed by atoms with E-state index >= 15 is 0 Å². The van der Waals surface area contributed by atoms with E-state index in [-0.39, 0.29) is 24.6 Å². The second-order valence-corrected chi connectivity index (χ2v) is 8.09. The molecule has 0 aliphatic rings. The highest BCUT2D eigenvalue weighted by molar-refractivity contribution is 5.97. The van der Waals surface area contributed by atoms with E-state index in [1.165, 1.54) is 24.3 Å². The fourth-order valence-corrected chi connectivity index (χ4v) is 3.73. The van der Waals surface area contributed by atoms with Crippen molar-refractivity contribution in [2.75, 3.05) is 5.32 Å². The molecule has 6 nitrogen and oxygen atoms in total. The lowest BCUT2D eigenvalue weighted by Gasteiger charge is -2.20. The number of aromatic nitrogens is 2. The molecule has 0 spiro atoms. The minimum Gasteiger partial charge on any atom is -0.345 e. The summed E-state index contributed by atoms with van der Waals surface area (Å²) in [4.78, 5) is 29.3. The number of halogens is 2. The summed E-state index contributed by atoms with van der Waals surface area (Å²) < 4.78 is 29.4. The number of imidazole rings is 1. The van der Waals surface area contributed by atoms with Gasteiger partial charge in [-0.2, -0.15) is 0 Å². The molecule has 0 radical (unpaired) electrons. The predicted molar refractivity (Wildman–Crippen MR) is 129 cm³/mol. The highest BCUT2D eigenvalue weighted by Gasteiger charge is 2.18. The van der Waals surface area contributed by atoms with Crippen molar-refractivity contribution in [3.63, 3.8) is 0 Å². The maximum Gasteiger partial charge on any atom is 0.251 e. The van der Waals surface area contributed by atoms with Crippen molar-refractivity contribution in [2.45, 2.75) is 25.4 Å². The number of nitrogens with one attached hydrogen (secondary N) is 2. The highest BCUT2D eigenvalue weighted by atomic mass is 19.1. The van der Waals surface area contributed by atoms with Gasteiger partial charge in [-0.25, -0.2) is 13.8 Å². The van der Waals surface area contributed by atoms with Crippen LogP contribution in [0, 0.1) is 11.6 Å². The summed E-state index contributed by atoms with van der Waals surface area (Å²) in [6, 6.07) is 18.0. The summed E-state index contributed by atoms with van der Waals surface area (Å²) in [5, 5.41) is 5.71. The first kappa shape index (κ1) is 23.8. The summed E-state index contributed by atoms with van der Waals surface area (Å²) in [5.74, 6) is -1.41. The molecule has 8 heteroatoms. The molecule has 2 N–H and O–H groups in total. The molecule has 3 aromatic carbocycles. The molecule has 0 aliphatic carbocycles. The Hall–Kier alpha value is -4.33. The zero-order chi connectivity index (χ0) is 24.6. The van der Waals surface area contributed by atoms with Crippen LogP contribution < -0.4 is 10.6 Å². The number of rotatable bonds is 9. The SMILES string of the molecule is O=C(CCn1ccnc1)Nc1cccc(C(=O)NC(Cc2cccc(F)c2)c2cccc(F)c2)c1. The average molecular weight is 475 g/mol. The molecule has 1 aromatic heterocycles. The van der Waals surface area contributed by atoms with E-state index in [1.54, 1.807) is 71.8 Å². The second kappa shape index (κ2) is 11.2. The van der Waals surface area contributed by atoms with E-state index in [1.807, 2.05) is 0 Å². The standard InChI is InChI=1S/C27H24F2N4O2/c28-22-7-1-4-19(14-22)15-25(20-5-2-8-23(29)16-20)32-27(35)21-6-3-9-24(17-21)31-26(34)10-12-33-13-11-30-18-33/h1-9,11,13-14,16-18,25H,10,12,15H2,(H,31,34)(H,32,35). The van der Waals surface area contributed by atoms with Crippen LogP contribution >= 0.6 is 0 Å². The summed E-state index contributed by atoms with van der Waals surface area (Å²) in [7, 11) is 0.